The second kappa shape index (κ2) is 11.8. The first-order valence-electron chi connectivity index (χ1n) is 15.2. The summed E-state index contributed by atoms with van der Waals surface area (Å²) in [5, 5.41) is 0.480. The van der Waals surface area contributed by atoms with Crippen LogP contribution in [-0.4, -0.2) is 75.7 Å². The van der Waals surface area contributed by atoms with E-state index in [2.05, 4.69) is 9.88 Å². The van der Waals surface area contributed by atoms with Crippen LogP contribution in [0.2, 0.25) is 5.02 Å². The van der Waals surface area contributed by atoms with E-state index in [1.807, 2.05) is 61.7 Å². The molecular formula is C33H38ClN5O5. The molecule has 4 heterocycles. The number of hydrogen-bond donors (Lipinski definition) is 0. The third-order valence-corrected chi connectivity index (χ3v) is 8.72. The molecule has 1 fully saturated rings. The lowest BCUT2D eigenvalue weighted by Gasteiger charge is -2.36. The summed E-state index contributed by atoms with van der Waals surface area (Å²) in [6.07, 6.45) is 3.25. The van der Waals surface area contributed by atoms with Gasteiger partial charge in [-0.25, -0.2) is 14.6 Å². The molecular weight excluding hydrogens is 582 g/mol. The second-order valence-corrected chi connectivity index (χ2v) is 12.9. The zero-order chi connectivity index (χ0) is 31.2. The monoisotopic (exact) mass is 619 g/mol. The first kappa shape index (κ1) is 30.0. The summed E-state index contributed by atoms with van der Waals surface area (Å²) in [7, 11) is 0. The number of rotatable bonds is 6. The maximum Gasteiger partial charge on any atom is 0.410 e. The largest absolute Gasteiger partial charge is 0.464 e. The molecule has 3 aliphatic heterocycles. The molecule has 0 bridgehead atoms. The Morgan fingerprint density at radius 1 is 1.02 bits per heavy atom. The summed E-state index contributed by atoms with van der Waals surface area (Å²) in [4.78, 5) is 49.6. The number of anilines is 1. The van der Waals surface area contributed by atoms with Gasteiger partial charge in [0.15, 0.2) is 6.04 Å². The van der Waals surface area contributed by atoms with Gasteiger partial charge in [0.2, 0.25) is 0 Å². The Labute approximate surface area is 262 Å². The number of carbonyl (C=O) groups excluding carboxylic acids is 3. The van der Waals surface area contributed by atoms with Gasteiger partial charge in [-0.15, -0.1) is 0 Å². The molecule has 0 radical (unpaired) electrons. The van der Waals surface area contributed by atoms with Crippen molar-refractivity contribution >= 4 is 35.3 Å². The van der Waals surface area contributed by atoms with Crippen molar-refractivity contribution in [1.29, 1.82) is 0 Å². The van der Waals surface area contributed by atoms with E-state index in [0.717, 1.165) is 41.9 Å². The summed E-state index contributed by atoms with van der Waals surface area (Å²) in [6.45, 7) is 11.2. The lowest BCUT2D eigenvalue weighted by atomic mass is 10.00. The van der Waals surface area contributed by atoms with E-state index in [-0.39, 0.29) is 25.2 Å². The standard InChI is InChI=1S/C33H38ClN5O5/c1-5-43-31(41)29(28-27-7-6-12-38(27)20-35-28)39-19-25-24(30(39)40)17-22(18-26(25)34)21-8-10-23(11-9-21)36-13-15-37(16-14-36)32(42)44-33(2,3)4/h8-11,17-18,20,29H,5-7,12-16,19H2,1-4H3. The fourth-order valence-electron chi connectivity index (χ4n) is 6.24. The van der Waals surface area contributed by atoms with Gasteiger partial charge < -0.3 is 28.7 Å². The van der Waals surface area contributed by atoms with Gasteiger partial charge in [0.1, 0.15) is 5.60 Å². The Balaban J connectivity index is 1.19. The fourth-order valence-corrected chi connectivity index (χ4v) is 6.52. The number of amides is 2. The van der Waals surface area contributed by atoms with Crippen LogP contribution in [0.15, 0.2) is 42.7 Å². The molecule has 3 aromatic rings. The van der Waals surface area contributed by atoms with Crippen LogP contribution in [0, 0.1) is 0 Å². The average molecular weight is 620 g/mol. The summed E-state index contributed by atoms with van der Waals surface area (Å²) in [5.41, 5.74) is 5.02. The highest BCUT2D eigenvalue weighted by Crippen LogP contribution is 2.39. The number of aromatic nitrogens is 2. The topological polar surface area (TPSA) is 97.2 Å². The molecule has 44 heavy (non-hydrogen) atoms. The van der Waals surface area contributed by atoms with Gasteiger partial charge in [0, 0.05) is 66.8 Å². The number of benzene rings is 2. The summed E-state index contributed by atoms with van der Waals surface area (Å²) >= 11 is 6.79. The van der Waals surface area contributed by atoms with E-state index < -0.39 is 17.6 Å². The number of fused-ring (bicyclic) bond motifs is 2. The Kier molecular flexibility index (Phi) is 8.04. The first-order valence-corrected chi connectivity index (χ1v) is 15.6. The van der Waals surface area contributed by atoms with Crippen LogP contribution < -0.4 is 4.90 Å². The quantitative estimate of drug-likeness (QED) is 0.338. The van der Waals surface area contributed by atoms with Gasteiger partial charge in [0.25, 0.3) is 5.91 Å². The predicted molar refractivity (Wildman–Crippen MR) is 167 cm³/mol. The number of esters is 1. The molecule has 6 rings (SSSR count). The minimum atomic E-state index is -0.932. The zero-order valence-corrected chi connectivity index (χ0v) is 26.4. The van der Waals surface area contributed by atoms with Crippen LogP contribution in [-0.2, 0) is 33.8 Å². The Morgan fingerprint density at radius 2 is 1.75 bits per heavy atom. The van der Waals surface area contributed by atoms with Crippen molar-refractivity contribution in [2.24, 2.45) is 0 Å². The molecule has 1 aromatic heterocycles. The molecule has 0 N–H and O–H groups in total. The second-order valence-electron chi connectivity index (χ2n) is 12.4. The summed E-state index contributed by atoms with van der Waals surface area (Å²) in [5.74, 6) is -0.748. The highest BCUT2D eigenvalue weighted by molar-refractivity contribution is 6.32. The summed E-state index contributed by atoms with van der Waals surface area (Å²) in [6, 6.07) is 10.9. The van der Waals surface area contributed by atoms with Crippen LogP contribution in [0.4, 0.5) is 10.5 Å². The number of aryl methyl sites for hydroxylation is 1. The van der Waals surface area contributed by atoms with E-state index in [1.54, 1.807) is 23.1 Å². The van der Waals surface area contributed by atoms with Crippen molar-refractivity contribution < 1.29 is 23.9 Å². The van der Waals surface area contributed by atoms with Gasteiger partial charge in [0.05, 0.1) is 18.6 Å². The number of ether oxygens (including phenoxy) is 2. The molecule has 0 saturated carbocycles. The third-order valence-electron chi connectivity index (χ3n) is 8.38. The van der Waals surface area contributed by atoms with Gasteiger partial charge >= 0.3 is 12.1 Å². The van der Waals surface area contributed by atoms with E-state index in [9.17, 15) is 14.4 Å². The molecule has 0 aliphatic carbocycles. The van der Waals surface area contributed by atoms with E-state index in [0.29, 0.717) is 48.0 Å². The molecule has 3 aliphatic rings. The lowest BCUT2D eigenvalue weighted by molar-refractivity contribution is -0.149. The zero-order valence-electron chi connectivity index (χ0n) is 25.6. The predicted octanol–water partition coefficient (Wildman–Crippen LogP) is 5.47. The number of carbonyl (C=O) groups is 3. The van der Waals surface area contributed by atoms with Crippen LogP contribution in [0.1, 0.15) is 67.5 Å². The third kappa shape index (κ3) is 5.75. The normalized spacial score (nSPS) is 17.0. The molecule has 11 heteroatoms. The van der Waals surface area contributed by atoms with Crippen LogP contribution >= 0.6 is 11.6 Å². The highest BCUT2D eigenvalue weighted by atomic mass is 35.5. The maximum absolute atomic E-state index is 13.9. The van der Waals surface area contributed by atoms with Crippen LogP contribution in [0.5, 0.6) is 0 Å². The number of piperazine rings is 1. The van der Waals surface area contributed by atoms with E-state index in [1.165, 1.54) is 0 Å². The lowest BCUT2D eigenvalue weighted by Crippen LogP contribution is -2.50. The van der Waals surface area contributed by atoms with Gasteiger partial charge in [-0.2, -0.15) is 0 Å². The average Bonchev–Trinajstić information content (AvgIpc) is 3.70. The molecule has 1 unspecified atom stereocenters. The minimum Gasteiger partial charge on any atom is -0.464 e. The smallest absolute Gasteiger partial charge is 0.410 e. The number of nitrogens with zero attached hydrogens (tertiary/aromatic N) is 5. The molecule has 1 atom stereocenters. The van der Waals surface area contributed by atoms with Crippen LogP contribution in [0.3, 0.4) is 0 Å². The molecule has 0 spiro atoms. The molecule has 10 nitrogen and oxygen atoms in total. The van der Waals surface area contributed by atoms with Gasteiger partial charge in [-0.05, 0) is 75.9 Å². The van der Waals surface area contributed by atoms with Crippen molar-refractivity contribution in [3.8, 4) is 11.1 Å². The molecule has 232 valence electrons. The summed E-state index contributed by atoms with van der Waals surface area (Å²) < 4.78 is 13.0. The van der Waals surface area contributed by atoms with E-state index in [4.69, 9.17) is 21.1 Å². The Hall–Kier alpha value is -4.05. The van der Waals surface area contributed by atoms with Crippen molar-refractivity contribution in [2.45, 2.75) is 65.3 Å². The Bertz CT molecular complexity index is 1590. The van der Waals surface area contributed by atoms with E-state index >= 15 is 0 Å². The van der Waals surface area contributed by atoms with Crippen LogP contribution in [0.25, 0.3) is 11.1 Å². The molecule has 1 saturated heterocycles. The number of halogens is 1. The minimum absolute atomic E-state index is 0.206. The highest BCUT2D eigenvalue weighted by Gasteiger charge is 2.42. The van der Waals surface area contributed by atoms with Crippen molar-refractivity contribution in [3.05, 3.63) is 70.3 Å². The van der Waals surface area contributed by atoms with Crippen molar-refractivity contribution in [2.75, 3.05) is 37.7 Å². The SMILES string of the molecule is CCOC(=O)C(c1ncn2c1CCC2)N1Cc2c(Cl)cc(-c3ccc(N4CCN(C(=O)OC(C)(C)C)CC4)cc3)cc2C1=O. The Morgan fingerprint density at radius 3 is 2.43 bits per heavy atom. The number of hydrogen-bond acceptors (Lipinski definition) is 7. The molecule has 2 aromatic carbocycles. The van der Waals surface area contributed by atoms with Gasteiger partial charge in [-0.1, -0.05) is 23.7 Å². The maximum atomic E-state index is 13.9. The van der Waals surface area contributed by atoms with Crippen molar-refractivity contribution in [1.82, 2.24) is 19.4 Å². The number of imidazole rings is 1. The van der Waals surface area contributed by atoms with Gasteiger partial charge in [-0.3, -0.25) is 4.79 Å². The first-order chi connectivity index (χ1) is 21.0. The van der Waals surface area contributed by atoms with Crippen molar-refractivity contribution in [3.63, 3.8) is 0 Å². The fraction of sp³-hybridized carbons (Fsp3) is 0.455. The molecule has 2 amide bonds.